The second-order valence-electron chi connectivity index (χ2n) is 9.81. The minimum absolute atomic E-state index is 0.156. The topological polar surface area (TPSA) is 99.7 Å². The Kier molecular flexibility index (Phi) is 8.59. The van der Waals surface area contributed by atoms with Crippen LogP contribution in [0.3, 0.4) is 0 Å². The SMILES string of the molecule is CCc1cccc(C2(NC[C@@H](O)[C@@H]3Cc4ccc(c(F)c4)OCCCCC(=O)NCC(=O)N3)CC2)c1. The number of carbonyl (C=O) groups is 2. The Labute approximate surface area is 211 Å². The van der Waals surface area contributed by atoms with Crippen molar-refractivity contribution < 1.29 is 23.8 Å². The maximum absolute atomic E-state index is 14.6. The standard InChI is InChI=1S/C28H36FN3O4/c1-2-19-6-5-7-21(14-19)28(11-12-28)31-17-24(33)23-16-20-9-10-25(22(29)15-20)36-13-4-3-8-26(34)30-18-27(35)32-23/h5-7,9-10,14-15,23-24,31,33H,2-4,8,11-13,16-18H2,1H3,(H,30,34)(H,32,35)/t23-,24+/m0/s1. The molecule has 0 radical (unpaired) electrons. The highest BCUT2D eigenvalue weighted by Gasteiger charge is 2.44. The molecule has 36 heavy (non-hydrogen) atoms. The first kappa shape index (κ1) is 26.1. The summed E-state index contributed by atoms with van der Waals surface area (Å²) >= 11 is 0. The number of hydrogen-bond donors (Lipinski definition) is 4. The zero-order valence-electron chi connectivity index (χ0n) is 20.8. The van der Waals surface area contributed by atoms with Crippen LogP contribution in [0.4, 0.5) is 4.39 Å². The fourth-order valence-electron chi connectivity index (χ4n) is 4.64. The Bertz CT molecular complexity index is 1070. The monoisotopic (exact) mass is 497 g/mol. The summed E-state index contributed by atoms with van der Waals surface area (Å²) in [5.74, 6) is -0.946. The van der Waals surface area contributed by atoms with Crippen molar-refractivity contribution in [1.29, 1.82) is 0 Å². The first-order chi connectivity index (χ1) is 17.4. The van der Waals surface area contributed by atoms with Crippen molar-refractivity contribution in [2.75, 3.05) is 19.7 Å². The van der Waals surface area contributed by atoms with Gasteiger partial charge in [0.2, 0.25) is 11.8 Å². The molecule has 0 aromatic heterocycles. The fraction of sp³-hybridized carbons (Fsp3) is 0.500. The van der Waals surface area contributed by atoms with Gasteiger partial charge in [-0.15, -0.1) is 0 Å². The number of hydrogen-bond acceptors (Lipinski definition) is 5. The molecule has 0 spiro atoms. The van der Waals surface area contributed by atoms with Gasteiger partial charge in [0.05, 0.1) is 25.3 Å². The van der Waals surface area contributed by atoms with Gasteiger partial charge in [0.25, 0.3) is 0 Å². The Morgan fingerprint density at radius 2 is 2.00 bits per heavy atom. The number of aryl methyl sites for hydroxylation is 1. The summed E-state index contributed by atoms with van der Waals surface area (Å²) in [6.07, 6.45) is 3.65. The quantitative estimate of drug-likeness (QED) is 0.492. The molecule has 2 aromatic carbocycles. The molecule has 2 amide bonds. The van der Waals surface area contributed by atoms with Gasteiger partial charge in [-0.25, -0.2) is 4.39 Å². The molecule has 1 saturated carbocycles. The number of nitrogens with one attached hydrogen (secondary N) is 3. The van der Waals surface area contributed by atoms with Crippen molar-refractivity contribution in [1.82, 2.24) is 16.0 Å². The molecule has 194 valence electrons. The summed E-state index contributed by atoms with van der Waals surface area (Å²) < 4.78 is 20.1. The normalized spacial score (nSPS) is 21.2. The Hall–Kier alpha value is -2.97. The smallest absolute Gasteiger partial charge is 0.239 e. The van der Waals surface area contributed by atoms with E-state index in [0.717, 1.165) is 19.3 Å². The predicted octanol–water partition coefficient (Wildman–Crippen LogP) is 2.73. The number of benzene rings is 2. The van der Waals surface area contributed by atoms with E-state index in [9.17, 15) is 19.1 Å². The molecule has 0 saturated heterocycles. The number of aliphatic hydroxyl groups excluding tert-OH is 1. The van der Waals surface area contributed by atoms with Crippen LogP contribution in [0.1, 0.15) is 55.7 Å². The second kappa shape index (κ2) is 11.8. The van der Waals surface area contributed by atoms with Crippen molar-refractivity contribution in [2.24, 2.45) is 0 Å². The van der Waals surface area contributed by atoms with Gasteiger partial charge < -0.3 is 25.8 Å². The van der Waals surface area contributed by atoms with Crippen LogP contribution in [-0.4, -0.2) is 48.8 Å². The first-order valence-electron chi connectivity index (χ1n) is 12.9. The largest absolute Gasteiger partial charge is 0.491 e. The van der Waals surface area contributed by atoms with Crippen molar-refractivity contribution in [2.45, 2.75) is 69.6 Å². The van der Waals surface area contributed by atoms with Crippen molar-refractivity contribution in [3.63, 3.8) is 0 Å². The molecule has 2 heterocycles. The van der Waals surface area contributed by atoms with E-state index in [4.69, 9.17) is 4.74 Å². The van der Waals surface area contributed by atoms with Gasteiger partial charge in [-0.05, 0) is 67.3 Å². The molecule has 0 unspecified atom stereocenters. The number of carbonyl (C=O) groups excluding carboxylic acids is 2. The van der Waals surface area contributed by atoms with E-state index in [-0.39, 0.29) is 43.1 Å². The minimum atomic E-state index is -0.922. The number of fused-ring (bicyclic) bond motifs is 13. The van der Waals surface area contributed by atoms with Gasteiger partial charge in [0, 0.05) is 18.5 Å². The second-order valence-corrected chi connectivity index (χ2v) is 9.81. The lowest BCUT2D eigenvalue weighted by Crippen LogP contribution is -2.52. The molecule has 5 rings (SSSR count). The highest BCUT2D eigenvalue weighted by atomic mass is 19.1. The lowest BCUT2D eigenvalue weighted by Gasteiger charge is -2.27. The van der Waals surface area contributed by atoms with Crippen LogP contribution in [0.25, 0.3) is 0 Å². The van der Waals surface area contributed by atoms with Gasteiger partial charge in [0.1, 0.15) is 0 Å². The minimum Gasteiger partial charge on any atom is -0.491 e. The van der Waals surface area contributed by atoms with Gasteiger partial charge in [-0.1, -0.05) is 37.3 Å². The van der Waals surface area contributed by atoms with Crippen LogP contribution in [0.5, 0.6) is 5.75 Å². The summed E-state index contributed by atoms with van der Waals surface area (Å²) in [6, 6.07) is 12.5. The summed E-state index contributed by atoms with van der Waals surface area (Å²) in [5, 5.41) is 20.1. The molecule has 1 fully saturated rings. The van der Waals surface area contributed by atoms with Crippen LogP contribution in [-0.2, 0) is 28.0 Å². The highest BCUT2D eigenvalue weighted by molar-refractivity contribution is 5.84. The predicted molar refractivity (Wildman–Crippen MR) is 135 cm³/mol. The summed E-state index contributed by atoms with van der Waals surface area (Å²) in [7, 11) is 0. The van der Waals surface area contributed by atoms with Crippen LogP contribution in [0.15, 0.2) is 42.5 Å². The average molecular weight is 498 g/mol. The maximum Gasteiger partial charge on any atom is 0.239 e. The molecular weight excluding hydrogens is 461 g/mol. The van der Waals surface area contributed by atoms with Crippen molar-refractivity contribution in [3.05, 3.63) is 65.0 Å². The number of amides is 2. The number of aliphatic hydroxyl groups is 1. The van der Waals surface area contributed by atoms with Crippen LogP contribution in [0, 0.1) is 5.82 Å². The van der Waals surface area contributed by atoms with E-state index >= 15 is 0 Å². The van der Waals surface area contributed by atoms with E-state index in [1.165, 1.54) is 17.2 Å². The number of ether oxygens (including phenoxy) is 1. The third-order valence-corrected chi connectivity index (χ3v) is 7.05. The summed E-state index contributed by atoms with van der Waals surface area (Å²) in [6.45, 7) is 2.52. The van der Waals surface area contributed by atoms with Crippen LogP contribution in [0.2, 0.25) is 0 Å². The van der Waals surface area contributed by atoms with Gasteiger partial charge in [0.15, 0.2) is 11.6 Å². The van der Waals surface area contributed by atoms with Gasteiger partial charge >= 0.3 is 0 Å². The zero-order valence-corrected chi connectivity index (χ0v) is 20.8. The van der Waals surface area contributed by atoms with E-state index in [1.54, 1.807) is 12.1 Å². The summed E-state index contributed by atoms with van der Waals surface area (Å²) in [4.78, 5) is 24.6. The molecule has 4 N–H and O–H groups in total. The molecule has 3 aliphatic rings. The first-order valence-corrected chi connectivity index (χ1v) is 12.9. The fourth-order valence-corrected chi connectivity index (χ4v) is 4.64. The Balaban J connectivity index is 1.47. The molecule has 2 bridgehead atoms. The van der Waals surface area contributed by atoms with E-state index in [0.29, 0.717) is 25.0 Å². The average Bonchev–Trinajstić information content (AvgIpc) is 3.67. The molecule has 8 heteroatoms. The van der Waals surface area contributed by atoms with Gasteiger partial charge in [-0.3, -0.25) is 9.59 Å². The van der Waals surface area contributed by atoms with Crippen LogP contribution >= 0.6 is 0 Å². The maximum atomic E-state index is 14.6. The number of rotatable bonds is 6. The molecule has 2 aromatic rings. The Morgan fingerprint density at radius 3 is 2.75 bits per heavy atom. The summed E-state index contributed by atoms with van der Waals surface area (Å²) in [5.41, 5.74) is 2.93. The van der Waals surface area contributed by atoms with E-state index in [2.05, 4.69) is 47.1 Å². The zero-order chi connectivity index (χ0) is 25.5. The third kappa shape index (κ3) is 6.83. The molecule has 2 aliphatic heterocycles. The third-order valence-electron chi connectivity index (χ3n) is 7.05. The lowest BCUT2D eigenvalue weighted by molar-refractivity contribution is -0.127. The molecule has 2 atom stereocenters. The van der Waals surface area contributed by atoms with Crippen molar-refractivity contribution in [3.8, 4) is 5.75 Å². The van der Waals surface area contributed by atoms with Crippen molar-refractivity contribution >= 4 is 11.8 Å². The van der Waals surface area contributed by atoms with Crippen LogP contribution < -0.4 is 20.7 Å². The number of halogens is 1. The van der Waals surface area contributed by atoms with Gasteiger partial charge in [-0.2, -0.15) is 0 Å². The van der Waals surface area contributed by atoms with E-state index < -0.39 is 23.9 Å². The van der Waals surface area contributed by atoms with E-state index in [1.807, 2.05) is 0 Å². The highest BCUT2D eigenvalue weighted by Crippen LogP contribution is 2.45. The Morgan fingerprint density at radius 1 is 1.17 bits per heavy atom. The molecular formula is C28H36FN3O4. The lowest BCUT2D eigenvalue weighted by atomic mass is 9.98. The molecule has 1 aliphatic carbocycles. The molecule has 7 nitrogen and oxygen atoms in total.